The summed E-state index contributed by atoms with van der Waals surface area (Å²) >= 11 is 3.34. The second kappa shape index (κ2) is 6.53. The molecule has 0 aliphatic rings. The van der Waals surface area contributed by atoms with E-state index in [1.165, 1.54) is 0 Å². The number of halogens is 1. The minimum atomic E-state index is -0.422. The molecule has 3 aromatic carbocycles. The molecule has 0 saturated carbocycles. The zero-order chi connectivity index (χ0) is 17.2. The van der Waals surface area contributed by atoms with Crippen LogP contribution in [0.2, 0.25) is 0 Å². The number of hydrogen-bond donors (Lipinski definition) is 0. The Labute approximate surface area is 152 Å². The van der Waals surface area contributed by atoms with E-state index in [9.17, 15) is 4.79 Å². The van der Waals surface area contributed by atoms with Crippen molar-refractivity contribution in [3.8, 4) is 17.0 Å². The van der Waals surface area contributed by atoms with Gasteiger partial charge in [-0.25, -0.2) is 4.79 Å². The highest BCUT2D eigenvalue weighted by Crippen LogP contribution is 2.30. The van der Waals surface area contributed by atoms with E-state index in [1.807, 2.05) is 36.4 Å². The van der Waals surface area contributed by atoms with Crippen LogP contribution in [0.1, 0.15) is 10.4 Å². The quantitative estimate of drug-likeness (QED) is 0.341. The van der Waals surface area contributed by atoms with Gasteiger partial charge in [-0.2, -0.15) is 0 Å². The summed E-state index contributed by atoms with van der Waals surface area (Å²) in [4.78, 5) is 12.2. The molecule has 1 aromatic heterocycles. The van der Waals surface area contributed by atoms with Crippen molar-refractivity contribution in [3.63, 3.8) is 0 Å². The first kappa shape index (κ1) is 15.6. The molecule has 4 nitrogen and oxygen atoms in total. The number of carbonyl (C=O) groups excluding carboxylic acids is 1. The van der Waals surface area contributed by atoms with Crippen molar-refractivity contribution in [1.82, 2.24) is 5.16 Å². The number of fused-ring (bicyclic) bond motifs is 1. The molecule has 4 aromatic rings. The summed E-state index contributed by atoms with van der Waals surface area (Å²) in [6, 6.07) is 22.0. The van der Waals surface area contributed by atoms with Gasteiger partial charge in [-0.05, 0) is 36.4 Å². The summed E-state index contributed by atoms with van der Waals surface area (Å²) in [6.07, 6.45) is 0. The maximum Gasteiger partial charge on any atom is 0.343 e. The van der Waals surface area contributed by atoms with Crippen molar-refractivity contribution in [2.75, 3.05) is 0 Å². The van der Waals surface area contributed by atoms with Gasteiger partial charge in [-0.15, -0.1) is 0 Å². The summed E-state index contributed by atoms with van der Waals surface area (Å²) in [5.41, 5.74) is 2.79. The van der Waals surface area contributed by atoms with Gasteiger partial charge in [0.1, 0.15) is 11.4 Å². The van der Waals surface area contributed by atoms with Crippen molar-refractivity contribution in [2.24, 2.45) is 0 Å². The topological polar surface area (TPSA) is 52.3 Å². The first-order chi connectivity index (χ1) is 12.2. The minimum absolute atomic E-state index is 0.413. The summed E-state index contributed by atoms with van der Waals surface area (Å²) in [5, 5.41) is 5.00. The molecule has 4 rings (SSSR count). The Morgan fingerprint density at radius 2 is 1.72 bits per heavy atom. The molecule has 0 aliphatic heterocycles. The van der Waals surface area contributed by atoms with E-state index in [0.717, 1.165) is 21.1 Å². The Hall–Kier alpha value is -2.92. The van der Waals surface area contributed by atoms with Crippen LogP contribution in [0.3, 0.4) is 0 Å². The van der Waals surface area contributed by atoms with Gasteiger partial charge in [0.05, 0.1) is 5.56 Å². The molecule has 0 unspecified atom stereocenters. The van der Waals surface area contributed by atoms with Crippen LogP contribution >= 0.6 is 15.9 Å². The van der Waals surface area contributed by atoms with E-state index in [1.54, 1.807) is 36.4 Å². The normalized spacial score (nSPS) is 10.8. The van der Waals surface area contributed by atoms with E-state index < -0.39 is 5.97 Å². The van der Waals surface area contributed by atoms with Crippen molar-refractivity contribution in [2.45, 2.75) is 0 Å². The molecule has 0 fully saturated rings. The van der Waals surface area contributed by atoms with Gasteiger partial charge < -0.3 is 9.26 Å². The Morgan fingerprint density at radius 1 is 0.960 bits per heavy atom. The number of esters is 1. The van der Waals surface area contributed by atoms with Gasteiger partial charge in [-0.1, -0.05) is 51.4 Å². The average Bonchev–Trinajstić information content (AvgIpc) is 3.06. The van der Waals surface area contributed by atoms with Crippen LogP contribution in [0.15, 0.2) is 81.8 Å². The molecular weight excluding hydrogens is 382 g/mol. The van der Waals surface area contributed by atoms with Crippen LogP contribution in [-0.2, 0) is 0 Å². The highest BCUT2D eigenvalue weighted by atomic mass is 79.9. The Bertz CT molecular complexity index is 1040. The highest BCUT2D eigenvalue weighted by molar-refractivity contribution is 9.10. The van der Waals surface area contributed by atoms with Crippen molar-refractivity contribution < 1.29 is 14.1 Å². The van der Waals surface area contributed by atoms with E-state index >= 15 is 0 Å². The fourth-order valence-corrected chi connectivity index (χ4v) is 2.80. The molecule has 0 aliphatic carbocycles. The Kier molecular flexibility index (Phi) is 4.07. The molecule has 0 saturated heterocycles. The maximum absolute atomic E-state index is 12.2. The van der Waals surface area contributed by atoms with Gasteiger partial charge in [-0.3, -0.25) is 0 Å². The predicted octanol–water partition coefficient (Wildman–Crippen LogP) is 5.48. The second-order valence-electron chi connectivity index (χ2n) is 5.45. The van der Waals surface area contributed by atoms with Crippen molar-refractivity contribution in [3.05, 3.63) is 82.8 Å². The molecule has 1 heterocycles. The van der Waals surface area contributed by atoms with Crippen LogP contribution in [0.4, 0.5) is 0 Å². The standard InChI is InChI=1S/C20H12BrNO3/c21-15-8-6-14(7-9-15)20(23)24-16-10-11-17-18(12-16)25-22-19(17)13-4-2-1-3-5-13/h1-12H. The number of ether oxygens (including phenoxy) is 1. The second-order valence-corrected chi connectivity index (χ2v) is 6.37. The lowest BCUT2D eigenvalue weighted by Gasteiger charge is -2.04. The zero-order valence-corrected chi connectivity index (χ0v) is 14.6. The molecule has 25 heavy (non-hydrogen) atoms. The molecule has 0 spiro atoms. The first-order valence-corrected chi connectivity index (χ1v) is 8.42. The summed E-state index contributed by atoms with van der Waals surface area (Å²) in [6.45, 7) is 0. The summed E-state index contributed by atoms with van der Waals surface area (Å²) in [7, 11) is 0. The molecule has 0 radical (unpaired) electrons. The first-order valence-electron chi connectivity index (χ1n) is 7.63. The van der Waals surface area contributed by atoms with Gasteiger partial charge in [0.2, 0.25) is 0 Å². The molecular formula is C20H12BrNO3. The summed E-state index contributed by atoms with van der Waals surface area (Å²) < 4.78 is 11.7. The van der Waals surface area contributed by atoms with Gasteiger partial charge in [0.25, 0.3) is 0 Å². The van der Waals surface area contributed by atoms with Crippen LogP contribution in [-0.4, -0.2) is 11.1 Å². The van der Waals surface area contributed by atoms with Gasteiger partial charge in [0, 0.05) is 21.5 Å². The largest absolute Gasteiger partial charge is 0.423 e. The van der Waals surface area contributed by atoms with Crippen LogP contribution in [0.5, 0.6) is 5.75 Å². The van der Waals surface area contributed by atoms with E-state index in [4.69, 9.17) is 9.26 Å². The monoisotopic (exact) mass is 393 g/mol. The molecule has 0 atom stereocenters. The molecule has 0 N–H and O–H groups in total. The van der Waals surface area contributed by atoms with E-state index in [2.05, 4.69) is 21.1 Å². The van der Waals surface area contributed by atoms with E-state index in [0.29, 0.717) is 16.9 Å². The lowest BCUT2D eigenvalue weighted by Crippen LogP contribution is -2.08. The van der Waals surface area contributed by atoms with Crippen LogP contribution < -0.4 is 4.74 Å². The molecule has 122 valence electrons. The van der Waals surface area contributed by atoms with Crippen LogP contribution in [0, 0.1) is 0 Å². The number of benzene rings is 3. The molecule has 0 bridgehead atoms. The highest BCUT2D eigenvalue weighted by Gasteiger charge is 2.13. The third-order valence-corrected chi connectivity index (χ3v) is 4.31. The van der Waals surface area contributed by atoms with Crippen LogP contribution in [0.25, 0.3) is 22.2 Å². The lowest BCUT2D eigenvalue weighted by molar-refractivity contribution is 0.0735. The molecule has 5 heteroatoms. The van der Waals surface area contributed by atoms with Crippen molar-refractivity contribution >= 4 is 32.9 Å². The number of aromatic nitrogens is 1. The maximum atomic E-state index is 12.2. The third-order valence-electron chi connectivity index (χ3n) is 3.78. The lowest BCUT2D eigenvalue weighted by atomic mass is 10.1. The smallest absolute Gasteiger partial charge is 0.343 e. The Morgan fingerprint density at radius 3 is 2.48 bits per heavy atom. The fourth-order valence-electron chi connectivity index (χ4n) is 2.54. The fraction of sp³-hybridized carbons (Fsp3) is 0. The SMILES string of the molecule is O=C(Oc1ccc2c(-c3ccccc3)noc2c1)c1ccc(Br)cc1. The van der Waals surface area contributed by atoms with Gasteiger partial charge in [0.15, 0.2) is 5.58 Å². The van der Waals surface area contributed by atoms with Crippen molar-refractivity contribution in [1.29, 1.82) is 0 Å². The number of carbonyl (C=O) groups is 1. The van der Waals surface area contributed by atoms with E-state index in [-0.39, 0.29) is 0 Å². The number of nitrogens with zero attached hydrogens (tertiary/aromatic N) is 1. The minimum Gasteiger partial charge on any atom is -0.423 e. The van der Waals surface area contributed by atoms with Gasteiger partial charge >= 0.3 is 5.97 Å². The Balaban J connectivity index is 1.62. The third kappa shape index (κ3) is 3.19. The number of rotatable bonds is 3. The predicted molar refractivity (Wildman–Crippen MR) is 98.5 cm³/mol. The average molecular weight is 394 g/mol. The molecule has 0 amide bonds. The summed E-state index contributed by atoms with van der Waals surface area (Å²) in [5.74, 6) is -0.00849. The zero-order valence-electron chi connectivity index (χ0n) is 13.0. The number of hydrogen-bond acceptors (Lipinski definition) is 4.